The highest BCUT2D eigenvalue weighted by molar-refractivity contribution is 5.67. The van der Waals surface area contributed by atoms with Crippen LogP contribution in [0, 0.1) is 5.92 Å². The highest BCUT2D eigenvalue weighted by Gasteiger charge is 2.26. The number of ether oxygens (including phenoxy) is 2. The summed E-state index contributed by atoms with van der Waals surface area (Å²) in [7, 11) is 0. The Hall–Kier alpha value is -1.84. The zero-order valence-corrected chi connectivity index (χ0v) is 14.5. The molecule has 0 aromatic heterocycles. The molecule has 0 bridgehead atoms. The van der Waals surface area contributed by atoms with E-state index < -0.39 is 0 Å². The van der Waals surface area contributed by atoms with Gasteiger partial charge < -0.3 is 9.47 Å². The van der Waals surface area contributed by atoms with Gasteiger partial charge in [0.15, 0.2) is 0 Å². The number of allylic oxidation sites excluding steroid dienone is 1. The SMILES string of the molecule is C=C(C)[C@@H]1CCC(=C)[C@@H](OC(C)=O)CCC(=C)[C@H](OC(C)=O)C1. The van der Waals surface area contributed by atoms with Gasteiger partial charge in [-0.1, -0.05) is 25.3 Å². The first-order valence-corrected chi connectivity index (χ1v) is 8.05. The zero-order chi connectivity index (χ0) is 17.6. The monoisotopic (exact) mass is 320 g/mol. The molecule has 0 unspecified atom stereocenters. The van der Waals surface area contributed by atoms with Crippen molar-refractivity contribution in [2.45, 2.75) is 65.1 Å². The average molecular weight is 320 g/mol. The van der Waals surface area contributed by atoms with Crippen molar-refractivity contribution in [3.8, 4) is 0 Å². The van der Waals surface area contributed by atoms with E-state index in [1.807, 2.05) is 6.92 Å². The molecule has 0 amide bonds. The van der Waals surface area contributed by atoms with Gasteiger partial charge in [0.2, 0.25) is 0 Å². The maximum Gasteiger partial charge on any atom is 0.303 e. The second-order valence-electron chi connectivity index (χ2n) is 6.37. The van der Waals surface area contributed by atoms with E-state index in [0.29, 0.717) is 19.3 Å². The lowest BCUT2D eigenvalue weighted by Gasteiger charge is -2.29. The molecule has 1 rings (SSSR count). The van der Waals surface area contributed by atoms with Gasteiger partial charge in [-0.3, -0.25) is 9.59 Å². The second-order valence-corrected chi connectivity index (χ2v) is 6.37. The molecule has 0 N–H and O–H groups in total. The fourth-order valence-corrected chi connectivity index (χ4v) is 2.87. The topological polar surface area (TPSA) is 52.6 Å². The summed E-state index contributed by atoms with van der Waals surface area (Å²) < 4.78 is 10.8. The van der Waals surface area contributed by atoms with Crippen LogP contribution in [0.15, 0.2) is 36.5 Å². The molecule has 0 radical (unpaired) electrons. The highest BCUT2D eigenvalue weighted by atomic mass is 16.5. The van der Waals surface area contributed by atoms with E-state index in [2.05, 4.69) is 19.7 Å². The molecule has 3 atom stereocenters. The minimum Gasteiger partial charge on any atom is -0.458 e. The maximum absolute atomic E-state index is 11.4. The number of carbonyl (C=O) groups is 2. The van der Waals surface area contributed by atoms with Crippen LogP contribution in [0.3, 0.4) is 0 Å². The van der Waals surface area contributed by atoms with Gasteiger partial charge in [-0.25, -0.2) is 0 Å². The third-order valence-corrected chi connectivity index (χ3v) is 4.26. The van der Waals surface area contributed by atoms with Gasteiger partial charge in [-0.15, -0.1) is 0 Å². The number of carbonyl (C=O) groups excluding carboxylic acids is 2. The normalized spacial score (nSPS) is 26.3. The van der Waals surface area contributed by atoms with Crippen LogP contribution in [-0.4, -0.2) is 24.1 Å². The largest absolute Gasteiger partial charge is 0.458 e. The molecule has 1 aliphatic carbocycles. The van der Waals surface area contributed by atoms with Gasteiger partial charge in [0.25, 0.3) is 0 Å². The van der Waals surface area contributed by atoms with E-state index in [9.17, 15) is 9.59 Å². The van der Waals surface area contributed by atoms with Crippen molar-refractivity contribution >= 4 is 11.9 Å². The molecule has 1 saturated carbocycles. The molecule has 0 heterocycles. The molecular weight excluding hydrogens is 292 g/mol. The third kappa shape index (κ3) is 6.43. The van der Waals surface area contributed by atoms with Crippen molar-refractivity contribution in [3.63, 3.8) is 0 Å². The lowest BCUT2D eigenvalue weighted by atomic mass is 9.83. The van der Waals surface area contributed by atoms with Gasteiger partial charge in [0.05, 0.1) is 0 Å². The fraction of sp³-hybridized carbons (Fsp3) is 0.579. The van der Waals surface area contributed by atoms with Crippen LogP contribution in [0.4, 0.5) is 0 Å². The molecule has 0 spiro atoms. The van der Waals surface area contributed by atoms with Crippen LogP contribution in [0.2, 0.25) is 0 Å². The van der Waals surface area contributed by atoms with E-state index in [1.54, 1.807) is 0 Å². The summed E-state index contributed by atoms with van der Waals surface area (Å²) in [5, 5.41) is 0. The average Bonchev–Trinajstić information content (AvgIpc) is 2.43. The van der Waals surface area contributed by atoms with E-state index in [0.717, 1.165) is 29.6 Å². The Morgan fingerprint density at radius 2 is 1.39 bits per heavy atom. The van der Waals surface area contributed by atoms with E-state index in [1.165, 1.54) is 13.8 Å². The van der Waals surface area contributed by atoms with Crippen LogP contribution in [0.5, 0.6) is 0 Å². The summed E-state index contributed by atoms with van der Waals surface area (Å²) in [5.41, 5.74) is 2.82. The summed E-state index contributed by atoms with van der Waals surface area (Å²) in [6.45, 7) is 17.0. The molecule has 1 fully saturated rings. The van der Waals surface area contributed by atoms with Crippen LogP contribution < -0.4 is 0 Å². The quantitative estimate of drug-likeness (QED) is 0.580. The molecule has 4 nitrogen and oxygen atoms in total. The van der Waals surface area contributed by atoms with Crippen LogP contribution in [0.1, 0.15) is 52.9 Å². The summed E-state index contributed by atoms with van der Waals surface area (Å²) in [6.07, 6.45) is 2.90. The first kappa shape index (κ1) is 19.2. The van der Waals surface area contributed by atoms with Crippen molar-refractivity contribution in [1.82, 2.24) is 0 Å². The first-order valence-electron chi connectivity index (χ1n) is 8.05. The Kier molecular flexibility index (Phi) is 7.27. The Balaban J connectivity index is 2.96. The molecule has 4 heteroatoms. The predicted molar refractivity (Wildman–Crippen MR) is 90.8 cm³/mol. The van der Waals surface area contributed by atoms with Gasteiger partial charge >= 0.3 is 11.9 Å². The van der Waals surface area contributed by atoms with Crippen LogP contribution in [0.25, 0.3) is 0 Å². The summed E-state index contributed by atoms with van der Waals surface area (Å²) in [5.74, 6) is -0.412. The van der Waals surface area contributed by atoms with Crippen molar-refractivity contribution in [3.05, 3.63) is 36.5 Å². The summed E-state index contributed by atoms with van der Waals surface area (Å²) in [6, 6.07) is 0. The van der Waals surface area contributed by atoms with Gasteiger partial charge in [0, 0.05) is 13.8 Å². The Labute approximate surface area is 139 Å². The Morgan fingerprint density at radius 3 is 1.91 bits per heavy atom. The number of hydrogen-bond acceptors (Lipinski definition) is 4. The second kappa shape index (κ2) is 8.70. The summed E-state index contributed by atoms with van der Waals surface area (Å²) in [4.78, 5) is 22.7. The molecule has 128 valence electrons. The number of esters is 2. The van der Waals surface area contributed by atoms with E-state index in [4.69, 9.17) is 9.47 Å². The first-order chi connectivity index (χ1) is 10.7. The van der Waals surface area contributed by atoms with Crippen molar-refractivity contribution in [1.29, 1.82) is 0 Å². The zero-order valence-electron chi connectivity index (χ0n) is 14.5. The standard InChI is InChI=1S/C19H28O4/c1-12(2)17-9-7-13(3)18(22-15(5)20)10-8-14(4)19(11-17)23-16(6)21/h17-19H,1,3-4,7-11H2,2,5-6H3/t17-,18+,19-/m1/s1. The van der Waals surface area contributed by atoms with E-state index >= 15 is 0 Å². The Bertz CT molecular complexity index is 503. The molecule has 0 aromatic carbocycles. The molecule has 0 saturated heterocycles. The minimum atomic E-state index is -0.321. The molecule has 23 heavy (non-hydrogen) atoms. The lowest BCUT2D eigenvalue weighted by molar-refractivity contribution is -0.145. The number of rotatable bonds is 3. The predicted octanol–water partition coefficient (Wildman–Crippen LogP) is 4.12. The molecular formula is C19H28O4. The highest BCUT2D eigenvalue weighted by Crippen LogP contribution is 2.32. The number of hydrogen-bond donors (Lipinski definition) is 0. The van der Waals surface area contributed by atoms with Gasteiger partial charge in [-0.05, 0) is 56.1 Å². The fourth-order valence-electron chi connectivity index (χ4n) is 2.87. The van der Waals surface area contributed by atoms with Gasteiger partial charge in [0.1, 0.15) is 12.2 Å². The van der Waals surface area contributed by atoms with Crippen molar-refractivity contribution in [2.24, 2.45) is 5.92 Å². The van der Waals surface area contributed by atoms with Gasteiger partial charge in [-0.2, -0.15) is 0 Å². The van der Waals surface area contributed by atoms with E-state index in [-0.39, 0.29) is 30.1 Å². The van der Waals surface area contributed by atoms with Crippen molar-refractivity contribution < 1.29 is 19.1 Å². The third-order valence-electron chi connectivity index (χ3n) is 4.26. The lowest BCUT2D eigenvalue weighted by Crippen LogP contribution is -2.26. The minimum absolute atomic E-state index is 0.212. The summed E-state index contributed by atoms with van der Waals surface area (Å²) >= 11 is 0. The van der Waals surface area contributed by atoms with Crippen molar-refractivity contribution in [2.75, 3.05) is 0 Å². The van der Waals surface area contributed by atoms with Crippen LogP contribution >= 0.6 is 0 Å². The molecule has 0 aromatic rings. The smallest absolute Gasteiger partial charge is 0.303 e. The molecule has 1 aliphatic rings. The molecule has 0 aliphatic heterocycles. The van der Waals surface area contributed by atoms with Crippen LogP contribution in [-0.2, 0) is 19.1 Å². The Morgan fingerprint density at radius 1 is 0.913 bits per heavy atom. The maximum atomic E-state index is 11.4.